The molecule has 3 nitrogen and oxygen atoms in total. The molecule has 0 aromatic rings. The zero-order valence-electron chi connectivity index (χ0n) is 4.92. The van der Waals surface area contributed by atoms with Crippen molar-refractivity contribution in [2.24, 2.45) is 0 Å². The standard InChI is InChI=1S/C5H11NO2/c1-4-5(7)8-3-2-6-4/h4-7H,2-3H2,1H3/t4-,5+/m0/s1. The summed E-state index contributed by atoms with van der Waals surface area (Å²) in [5, 5.41) is 11.9. The predicted molar refractivity (Wildman–Crippen MR) is 29.4 cm³/mol. The van der Waals surface area contributed by atoms with E-state index in [0.29, 0.717) is 6.61 Å². The minimum Gasteiger partial charge on any atom is -0.367 e. The molecule has 2 N–H and O–H groups in total. The van der Waals surface area contributed by atoms with Gasteiger partial charge in [0.25, 0.3) is 0 Å². The molecule has 8 heavy (non-hydrogen) atoms. The molecule has 0 unspecified atom stereocenters. The second-order valence-corrected chi connectivity index (χ2v) is 2.00. The molecule has 0 saturated carbocycles. The lowest BCUT2D eigenvalue weighted by Crippen LogP contribution is -2.46. The van der Waals surface area contributed by atoms with Crippen molar-refractivity contribution < 1.29 is 9.84 Å². The van der Waals surface area contributed by atoms with Crippen molar-refractivity contribution in [2.75, 3.05) is 13.2 Å². The zero-order valence-corrected chi connectivity index (χ0v) is 4.92. The summed E-state index contributed by atoms with van der Waals surface area (Å²) >= 11 is 0. The Morgan fingerprint density at radius 1 is 1.75 bits per heavy atom. The van der Waals surface area contributed by atoms with Crippen LogP contribution in [0.15, 0.2) is 0 Å². The molecule has 1 aliphatic heterocycles. The molecule has 1 saturated heterocycles. The van der Waals surface area contributed by atoms with Crippen molar-refractivity contribution >= 4 is 0 Å². The first-order chi connectivity index (χ1) is 3.80. The van der Waals surface area contributed by atoms with Gasteiger partial charge in [-0.1, -0.05) is 0 Å². The highest BCUT2D eigenvalue weighted by Gasteiger charge is 2.17. The second kappa shape index (κ2) is 2.44. The van der Waals surface area contributed by atoms with E-state index in [-0.39, 0.29) is 6.04 Å². The summed E-state index contributed by atoms with van der Waals surface area (Å²) in [7, 11) is 0. The van der Waals surface area contributed by atoms with E-state index in [4.69, 9.17) is 9.84 Å². The highest BCUT2D eigenvalue weighted by Crippen LogP contribution is 1.98. The number of hydrogen-bond acceptors (Lipinski definition) is 3. The molecule has 0 aromatic heterocycles. The third kappa shape index (κ3) is 1.18. The van der Waals surface area contributed by atoms with E-state index in [1.807, 2.05) is 6.92 Å². The summed E-state index contributed by atoms with van der Waals surface area (Å²) in [6, 6.07) is 0.0868. The SMILES string of the molecule is C[C@@H]1NCCO[C@H]1O. The van der Waals surface area contributed by atoms with Crippen molar-refractivity contribution in [3.05, 3.63) is 0 Å². The maximum atomic E-state index is 8.89. The van der Waals surface area contributed by atoms with Crippen LogP contribution in [-0.4, -0.2) is 30.6 Å². The van der Waals surface area contributed by atoms with Gasteiger partial charge in [-0.15, -0.1) is 0 Å². The zero-order chi connectivity index (χ0) is 5.98. The summed E-state index contributed by atoms with van der Waals surface area (Å²) in [6.07, 6.45) is -0.608. The molecule has 0 amide bonds. The first-order valence-electron chi connectivity index (χ1n) is 2.84. The molecule has 48 valence electrons. The third-order valence-corrected chi connectivity index (χ3v) is 1.28. The molecule has 0 aliphatic carbocycles. The van der Waals surface area contributed by atoms with Gasteiger partial charge in [0.05, 0.1) is 12.6 Å². The number of hydrogen-bond donors (Lipinski definition) is 2. The third-order valence-electron chi connectivity index (χ3n) is 1.28. The Kier molecular flexibility index (Phi) is 1.83. The van der Waals surface area contributed by atoms with Crippen LogP contribution >= 0.6 is 0 Å². The maximum Gasteiger partial charge on any atom is 0.169 e. The van der Waals surface area contributed by atoms with Gasteiger partial charge in [-0.25, -0.2) is 0 Å². The minimum atomic E-state index is -0.608. The van der Waals surface area contributed by atoms with Gasteiger partial charge >= 0.3 is 0 Å². The molecular weight excluding hydrogens is 106 g/mol. The van der Waals surface area contributed by atoms with Gasteiger partial charge in [0, 0.05) is 6.54 Å². The number of aliphatic hydroxyl groups excluding tert-OH is 1. The molecule has 0 radical (unpaired) electrons. The van der Waals surface area contributed by atoms with Crippen LogP contribution in [0.1, 0.15) is 6.92 Å². The summed E-state index contributed by atoms with van der Waals surface area (Å²) in [4.78, 5) is 0. The van der Waals surface area contributed by atoms with Gasteiger partial charge < -0.3 is 15.2 Å². The van der Waals surface area contributed by atoms with Crippen molar-refractivity contribution in [3.8, 4) is 0 Å². The van der Waals surface area contributed by atoms with Crippen molar-refractivity contribution in [3.63, 3.8) is 0 Å². The Balaban J connectivity index is 2.28. The Morgan fingerprint density at radius 2 is 2.50 bits per heavy atom. The highest BCUT2D eigenvalue weighted by molar-refractivity contribution is 4.67. The van der Waals surface area contributed by atoms with E-state index in [1.54, 1.807) is 0 Å². The van der Waals surface area contributed by atoms with Crippen LogP contribution in [0.2, 0.25) is 0 Å². The number of rotatable bonds is 0. The Labute approximate surface area is 48.7 Å². The van der Waals surface area contributed by atoms with Crippen LogP contribution in [0.3, 0.4) is 0 Å². The van der Waals surface area contributed by atoms with E-state index >= 15 is 0 Å². The number of ether oxygens (including phenoxy) is 1. The smallest absolute Gasteiger partial charge is 0.169 e. The van der Waals surface area contributed by atoms with Gasteiger partial charge in [-0.3, -0.25) is 0 Å². The summed E-state index contributed by atoms with van der Waals surface area (Å²) in [5.74, 6) is 0. The molecule has 1 aliphatic rings. The average Bonchev–Trinajstić information content (AvgIpc) is 1.77. The van der Waals surface area contributed by atoms with Gasteiger partial charge in [-0.05, 0) is 6.92 Å². The van der Waals surface area contributed by atoms with Crippen LogP contribution in [0.4, 0.5) is 0 Å². The fourth-order valence-corrected chi connectivity index (χ4v) is 0.711. The van der Waals surface area contributed by atoms with Crippen LogP contribution in [0.5, 0.6) is 0 Å². The largest absolute Gasteiger partial charge is 0.367 e. The molecule has 0 aromatic carbocycles. The molecule has 1 rings (SSSR count). The van der Waals surface area contributed by atoms with E-state index < -0.39 is 6.29 Å². The number of nitrogens with one attached hydrogen (secondary N) is 1. The Morgan fingerprint density at radius 3 is 2.88 bits per heavy atom. The quantitative estimate of drug-likeness (QED) is 0.441. The summed E-state index contributed by atoms with van der Waals surface area (Å²) in [6.45, 7) is 3.35. The van der Waals surface area contributed by atoms with Crippen molar-refractivity contribution in [1.29, 1.82) is 0 Å². The second-order valence-electron chi connectivity index (χ2n) is 2.00. The lowest BCUT2D eigenvalue weighted by atomic mass is 10.3. The Bertz CT molecular complexity index is 66.8. The molecule has 1 heterocycles. The van der Waals surface area contributed by atoms with Crippen LogP contribution in [-0.2, 0) is 4.74 Å². The van der Waals surface area contributed by atoms with E-state index in [0.717, 1.165) is 6.54 Å². The summed E-state index contributed by atoms with van der Waals surface area (Å²) in [5.41, 5.74) is 0. The molecular formula is C5H11NO2. The van der Waals surface area contributed by atoms with Gasteiger partial charge in [0.15, 0.2) is 6.29 Å². The first kappa shape index (κ1) is 6.01. The summed E-state index contributed by atoms with van der Waals surface area (Å²) < 4.78 is 4.88. The normalized spacial score (nSPS) is 39.8. The number of morpholine rings is 1. The minimum absolute atomic E-state index is 0.0868. The van der Waals surface area contributed by atoms with Crippen LogP contribution in [0.25, 0.3) is 0 Å². The van der Waals surface area contributed by atoms with Crippen molar-refractivity contribution in [2.45, 2.75) is 19.3 Å². The van der Waals surface area contributed by atoms with Crippen LogP contribution in [0, 0.1) is 0 Å². The molecule has 0 bridgehead atoms. The van der Waals surface area contributed by atoms with Crippen molar-refractivity contribution in [1.82, 2.24) is 5.32 Å². The fourth-order valence-electron chi connectivity index (χ4n) is 0.711. The fraction of sp³-hybridized carbons (Fsp3) is 1.00. The molecule has 1 fully saturated rings. The van der Waals surface area contributed by atoms with Gasteiger partial charge in [0.2, 0.25) is 0 Å². The van der Waals surface area contributed by atoms with E-state index in [9.17, 15) is 0 Å². The maximum absolute atomic E-state index is 8.89. The molecule has 2 atom stereocenters. The highest BCUT2D eigenvalue weighted by atomic mass is 16.6. The van der Waals surface area contributed by atoms with Gasteiger partial charge in [-0.2, -0.15) is 0 Å². The lowest BCUT2D eigenvalue weighted by molar-refractivity contribution is -0.135. The topological polar surface area (TPSA) is 41.5 Å². The van der Waals surface area contributed by atoms with Crippen LogP contribution < -0.4 is 5.32 Å². The molecule has 0 spiro atoms. The predicted octanol–water partition coefficient (Wildman–Crippen LogP) is -0.687. The first-order valence-corrected chi connectivity index (χ1v) is 2.84. The van der Waals surface area contributed by atoms with Gasteiger partial charge in [0.1, 0.15) is 0 Å². The number of aliphatic hydroxyl groups is 1. The lowest BCUT2D eigenvalue weighted by Gasteiger charge is -2.25. The molecule has 3 heteroatoms. The van der Waals surface area contributed by atoms with E-state index in [2.05, 4.69) is 5.32 Å². The Hall–Kier alpha value is -0.120. The van der Waals surface area contributed by atoms with E-state index in [1.165, 1.54) is 0 Å². The monoisotopic (exact) mass is 117 g/mol. The average molecular weight is 117 g/mol.